The monoisotopic (exact) mass is 263 g/mol. The lowest BCUT2D eigenvalue weighted by molar-refractivity contribution is -0.00256. The third kappa shape index (κ3) is 2.40. The molecule has 4 rings (SSSR count). The molecule has 3 fully saturated rings. The molecule has 0 aromatic heterocycles. The van der Waals surface area contributed by atoms with Crippen molar-refractivity contribution in [3.8, 4) is 0 Å². The lowest BCUT2D eigenvalue weighted by atomic mass is 9.93. The SMILES string of the molecule is CNC(c1ccc(F)c(C)c1)C1CN2CCN1CC2. The first kappa shape index (κ1) is 13.0. The number of aryl methyl sites for hydroxylation is 1. The van der Waals surface area contributed by atoms with Crippen molar-refractivity contribution >= 4 is 0 Å². The van der Waals surface area contributed by atoms with Crippen LogP contribution in [0.3, 0.4) is 0 Å². The molecule has 0 spiro atoms. The second-order valence-electron chi connectivity index (χ2n) is 5.68. The van der Waals surface area contributed by atoms with Crippen LogP contribution in [0.5, 0.6) is 0 Å². The topological polar surface area (TPSA) is 18.5 Å². The summed E-state index contributed by atoms with van der Waals surface area (Å²) in [6, 6.07) is 6.27. The zero-order chi connectivity index (χ0) is 13.4. The Hall–Kier alpha value is -0.970. The smallest absolute Gasteiger partial charge is 0.126 e. The van der Waals surface area contributed by atoms with Crippen LogP contribution in [0.1, 0.15) is 17.2 Å². The maximum Gasteiger partial charge on any atom is 0.126 e. The van der Waals surface area contributed by atoms with E-state index >= 15 is 0 Å². The van der Waals surface area contributed by atoms with Crippen molar-refractivity contribution in [2.75, 3.05) is 39.8 Å². The summed E-state index contributed by atoms with van der Waals surface area (Å²) in [5.74, 6) is -0.118. The number of rotatable bonds is 3. The Morgan fingerprint density at radius 2 is 2.00 bits per heavy atom. The quantitative estimate of drug-likeness (QED) is 0.889. The Kier molecular flexibility index (Phi) is 3.56. The first-order valence-electron chi connectivity index (χ1n) is 7.09. The van der Waals surface area contributed by atoms with Gasteiger partial charge in [0.2, 0.25) is 0 Å². The van der Waals surface area contributed by atoms with Gasteiger partial charge in [0.25, 0.3) is 0 Å². The molecule has 3 aliphatic heterocycles. The van der Waals surface area contributed by atoms with Gasteiger partial charge in [0, 0.05) is 44.8 Å². The molecule has 4 heteroatoms. The van der Waals surface area contributed by atoms with Crippen molar-refractivity contribution in [3.05, 3.63) is 35.1 Å². The summed E-state index contributed by atoms with van der Waals surface area (Å²) in [6.45, 7) is 7.64. The van der Waals surface area contributed by atoms with Gasteiger partial charge in [-0.25, -0.2) is 4.39 Å². The number of halogens is 1. The summed E-state index contributed by atoms with van der Waals surface area (Å²) in [6.07, 6.45) is 0. The number of fused-ring (bicyclic) bond motifs is 3. The summed E-state index contributed by atoms with van der Waals surface area (Å²) in [5.41, 5.74) is 1.93. The molecule has 0 aliphatic carbocycles. The minimum Gasteiger partial charge on any atom is -0.312 e. The Morgan fingerprint density at radius 3 is 2.53 bits per heavy atom. The highest BCUT2D eigenvalue weighted by atomic mass is 19.1. The first-order valence-corrected chi connectivity index (χ1v) is 7.09. The fourth-order valence-electron chi connectivity index (χ4n) is 3.42. The fraction of sp³-hybridized carbons (Fsp3) is 0.600. The van der Waals surface area contributed by atoms with Gasteiger partial charge in [0.1, 0.15) is 5.82 Å². The number of hydrogen-bond acceptors (Lipinski definition) is 3. The van der Waals surface area contributed by atoms with Crippen molar-refractivity contribution in [3.63, 3.8) is 0 Å². The maximum absolute atomic E-state index is 13.4. The van der Waals surface area contributed by atoms with Crippen LogP contribution in [0.25, 0.3) is 0 Å². The summed E-state index contributed by atoms with van der Waals surface area (Å²) in [7, 11) is 2.00. The lowest BCUT2D eigenvalue weighted by Gasteiger charge is -2.50. The standard InChI is InChI=1S/C15H22FN3/c1-11-9-12(3-4-13(11)16)15(17-2)14-10-18-5-7-19(14)8-6-18/h3-4,9,14-15,17H,5-8,10H2,1-2H3. The molecule has 1 aromatic carbocycles. The lowest BCUT2D eigenvalue weighted by Crippen LogP contribution is -2.63. The normalized spacial score (nSPS) is 31.4. The number of piperazine rings is 3. The highest BCUT2D eigenvalue weighted by Gasteiger charge is 2.36. The maximum atomic E-state index is 13.4. The number of hydrogen-bond donors (Lipinski definition) is 1. The van der Waals surface area contributed by atoms with Crippen LogP contribution in [-0.4, -0.2) is 55.6 Å². The molecule has 2 unspecified atom stereocenters. The van der Waals surface area contributed by atoms with E-state index < -0.39 is 0 Å². The molecule has 0 saturated carbocycles. The van der Waals surface area contributed by atoms with E-state index in [0.29, 0.717) is 6.04 Å². The molecule has 3 heterocycles. The van der Waals surface area contributed by atoms with Crippen LogP contribution in [0, 0.1) is 12.7 Å². The van der Waals surface area contributed by atoms with Crippen molar-refractivity contribution in [1.82, 2.24) is 15.1 Å². The van der Waals surface area contributed by atoms with E-state index in [4.69, 9.17) is 0 Å². The summed E-state index contributed by atoms with van der Waals surface area (Å²) in [5, 5.41) is 3.43. The summed E-state index contributed by atoms with van der Waals surface area (Å²) >= 11 is 0. The molecule has 2 bridgehead atoms. The van der Waals surface area contributed by atoms with Crippen LogP contribution in [0.4, 0.5) is 4.39 Å². The van der Waals surface area contributed by atoms with E-state index in [2.05, 4.69) is 15.1 Å². The molecule has 19 heavy (non-hydrogen) atoms. The van der Waals surface area contributed by atoms with E-state index in [9.17, 15) is 4.39 Å². The molecular formula is C15H22FN3. The molecule has 1 N–H and O–H groups in total. The first-order chi connectivity index (χ1) is 9.19. The van der Waals surface area contributed by atoms with Gasteiger partial charge in [-0.05, 0) is 31.2 Å². The second kappa shape index (κ2) is 5.19. The van der Waals surface area contributed by atoms with Crippen molar-refractivity contribution in [2.45, 2.75) is 19.0 Å². The van der Waals surface area contributed by atoms with Crippen LogP contribution in [0.15, 0.2) is 18.2 Å². The molecule has 1 aromatic rings. The molecule has 104 valence electrons. The molecular weight excluding hydrogens is 241 g/mol. The van der Waals surface area contributed by atoms with Gasteiger partial charge in [-0.2, -0.15) is 0 Å². The number of nitrogens with zero attached hydrogens (tertiary/aromatic N) is 2. The number of benzene rings is 1. The Morgan fingerprint density at radius 1 is 1.26 bits per heavy atom. The average molecular weight is 263 g/mol. The number of likely N-dealkylation sites (N-methyl/N-ethyl adjacent to an activating group) is 1. The predicted molar refractivity (Wildman–Crippen MR) is 74.7 cm³/mol. The minimum atomic E-state index is -0.118. The summed E-state index contributed by atoms with van der Waals surface area (Å²) < 4.78 is 13.4. The van der Waals surface area contributed by atoms with Gasteiger partial charge < -0.3 is 5.32 Å². The van der Waals surface area contributed by atoms with Crippen molar-refractivity contribution in [2.24, 2.45) is 0 Å². The van der Waals surface area contributed by atoms with E-state index in [0.717, 1.165) is 25.2 Å². The van der Waals surface area contributed by atoms with Gasteiger partial charge in [-0.3, -0.25) is 9.80 Å². The van der Waals surface area contributed by atoms with E-state index in [1.165, 1.54) is 18.7 Å². The summed E-state index contributed by atoms with van der Waals surface area (Å²) in [4.78, 5) is 5.10. The van der Waals surface area contributed by atoms with Crippen LogP contribution < -0.4 is 5.32 Å². The minimum absolute atomic E-state index is 0.118. The molecule has 2 atom stereocenters. The Labute approximate surface area is 114 Å². The van der Waals surface area contributed by atoms with Gasteiger partial charge in [0.15, 0.2) is 0 Å². The Balaban J connectivity index is 1.85. The molecule has 3 nitrogen and oxygen atoms in total. The van der Waals surface area contributed by atoms with E-state index in [1.54, 1.807) is 6.07 Å². The van der Waals surface area contributed by atoms with Gasteiger partial charge in [-0.15, -0.1) is 0 Å². The number of nitrogens with one attached hydrogen (secondary N) is 1. The predicted octanol–water partition coefficient (Wildman–Crippen LogP) is 1.39. The molecule has 3 aliphatic rings. The van der Waals surface area contributed by atoms with Crippen LogP contribution in [0.2, 0.25) is 0 Å². The third-order valence-electron chi connectivity index (χ3n) is 4.56. The fourth-order valence-corrected chi connectivity index (χ4v) is 3.42. The van der Waals surface area contributed by atoms with Crippen molar-refractivity contribution in [1.29, 1.82) is 0 Å². The zero-order valence-electron chi connectivity index (χ0n) is 11.7. The highest BCUT2D eigenvalue weighted by molar-refractivity contribution is 5.28. The van der Waals surface area contributed by atoms with Gasteiger partial charge in [0.05, 0.1) is 0 Å². The zero-order valence-corrected chi connectivity index (χ0v) is 11.7. The van der Waals surface area contributed by atoms with Gasteiger partial charge in [-0.1, -0.05) is 12.1 Å². The van der Waals surface area contributed by atoms with Crippen LogP contribution in [-0.2, 0) is 0 Å². The van der Waals surface area contributed by atoms with Gasteiger partial charge >= 0.3 is 0 Å². The highest BCUT2D eigenvalue weighted by Crippen LogP contribution is 2.27. The molecule has 0 radical (unpaired) electrons. The molecule has 3 saturated heterocycles. The largest absolute Gasteiger partial charge is 0.312 e. The van der Waals surface area contributed by atoms with Crippen LogP contribution >= 0.6 is 0 Å². The van der Waals surface area contributed by atoms with E-state index in [1.807, 2.05) is 26.1 Å². The molecule has 0 amide bonds. The second-order valence-corrected chi connectivity index (χ2v) is 5.68. The van der Waals surface area contributed by atoms with Crippen molar-refractivity contribution < 1.29 is 4.39 Å². The average Bonchev–Trinajstić information content (AvgIpc) is 2.45. The Bertz CT molecular complexity index is 455. The van der Waals surface area contributed by atoms with E-state index in [-0.39, 0.29) is 11.9 Å². The third-order valence-corrected chi connectivity index (χ3v) is 4.56.